The maximum Gasteiger partial charge on any atom is 0.130 e. The molecule has 0 aromatic heterocycles. The lowest BCUT2D eigenvalue weighted by Gasteiger charge is -2.33. The minimum Gasteiger partial charge on any atom is -0.490 e. The molecule has 1 fully saturated rings. The fourth-order valence-electron chi connectivity index (χ4n) is 4.64. The first-order valence-electron chi connectivity index (χ1n) is 11.0. The maximum atomic E-state index is 10.3. The smallest absolute Gasteiger partial charge is 0.130 e. The Balaban J connectivity index is 1.68. The van der Waals surface area contributed by atoms with Gasteiger partial charge in [-0.1, -0.05) is 49.2 Å². The van der Waals surface area contributed by atoms with E-state index in [0.717, 1.165) is 53.1 Å². The Labute approximate surface area is 183 Å². The van der Waals surface area contributed by atoms with Crippen molar-refractivity contribution in [1.82, 2.24) is 0 Å². The fraction of sp³-hybridized carbons (Fsp3) is 0.520. The number of ether oxygens (including phenoxy) is 2. The molecule has 2 heterocycles. The van der Waals surface area contributed by atoms with E-state index in [2.05, 4.69) is 37.3 Å². The molecule has 162 valence electrons. The molecule has 2 aromatic rings. The lowest BCUT2D eigenvalue weighted by Crippen LogP contribution is -2.33. The Morgan fingerprint density at radius 1 is 1.13 bits per heavy atom. The Kier molecular flexibility index (Phi) is 6.69. The van der Waals surface area contributed by atoms with Gasteiger partial charge in [0.1, 0.15) is 11.9 Å². The number of halogens is 1. The topological polar surface area (TPSA) is 58.9 Å². The van der Waals surface area contributed by atoms with Gasteiger partial charge in [0.15, 0.2) is 0 Å². The molecule has 4 rings (SSSR count). The Hall–Kier alpha value is -1.59. The highest BCUT2D eigenvalue weighted by molar-refractivity contribution is 6.32. The third-order valence-electron chi connectivity index (χ3n) is 6.11. The van der Waals surface area contributed by atoms with E-state index in [-0.39, 0.29) is 24.9 Å². The van der Waals surface area contributed by atoms with E-state index in [9.17, 15) is 10.2 Å². The molecule has 4 unspecified atom stereocenters. The molecule has 30 heavy (non-hydrogen) atoms. The van der Waals surface area contributed by atoms with Crippen LogP contribution in [0.4, 0.5) is 0 Å². The van der Waals surface area contributed by atoms with E-state index in [0.29, 0.717) is 12.8 Å². The van der Waals surface area contributed by atoms with Crippen molar-refractivity contribution in [2.45, 2.75) is 76.8 Å². The van der Waals surface area contributed by atoms with Crippen LogP contribution < -0.4 is 4.74 Å². The van der Waals surface area contributed by atoms with Gasteiger partial charge in [0, 0.05) is 30.4 Å². The summed E-state index contributed by atoms with van der Waals surface area (Å²) >= 11 is 6.84. The average Bonchev–Trinajstić information content (AvgIpc) is 3.13. The van der Waals surface area contributed by atoms with Gasteiger partial charge in [-0.2, -0.15) is 0 Å². The Bertz CT molecular complexity index is 880. The summed E-state index contributed by atoms with van der Waals surface area (Å²) in [5.74, 6) is 0.797. The number of aliphatic hydroxyl groups is 2. The second-order valence-corrected chi connectivity index (χ2v) is 9.05. The van der Waals surface area contributed by atoms with Gasteiger partial charge < -0.3 is 19.7 Å². The van der Waals surface area contributed by atoms with Crippen LogP contribution in [0.25, 0.3) is 0 Å². The fourth-order valence-corrected chi connectivity index (χ4v) is 4.93. The molecule has 0 amide bonds. The standard InChI is InChI=1S/C25H31ClO4/c1-3-4-16-5-7-17(8-6-16)10-18-11-21(23-13-19(28)12-20(14-27)30-23)25-22(24(18)26)9-15(2)29-25/h5-8,11,15,19-20,23,27-28H,3-4,9-10,12-14H2,1-2H3. The summed E-state index contributed by atoms with van der Waals surface area (Å²) in [6.45, 7) is 4.13. The molecule has 0 aliphatic carbocycles. The summed E-state index contributed by atoms with van der Waals surface area (Å²) < 4.78 is 12.2. The first kappa shape index (κ1) is 21.6. The zero-order valence-corrected chi connectivity index (χ0v) is 18.5. The van der Waals surface area contributed by atoms with E-state index in [1.54, 1.807) is 0 Å². The molecule has 2 N–H and O–H groups in total. The van der Waals surface area contributed by atoms with Crippen molar-refractivity contribution < 1.29 is 19.7 Å². The summed E-state index contributed by atoms with van der Waals surface area (Å²) in [5, 5.41) is 20.7. The lowest BCUT2D eigenvalue weighted by molar-refractivity contribution is -0.114. The van der Waals surface area contributed by atoms with Gasteiger partial charge >= 0.3 is 0 Å². The average molecular weight is 431 g/mol. The lowest BCUT2D eigenvalue weighted by atomic mass is 9.91. The predicted octanol–water partition coefficient (Wildman–Crippen LogP) is 4.78. The SMILES string of the molecule is CCCc1ccc(Cc2cc(C3CC(O)CC(CO)O3)c3c(c2Cl)CC(C)O3)cc1. The van der Waals surface area contributed by atoms with Crippen LogP contribution in [0.3, 0.4) is 0 Å². The number of hydrogen-bond donors (Lipinski definition) is 2. The minimum atomic E-state index is -0.499. The molecule has 2 aromatic carbocycles. The highest BCUT2D eigenvalue weighted by Crippen LogP contribution is 2.46. The normalized spacial score (nSPS) is 25.8. The molecule has 0 saturated carbocycles. The zero-order chi connectivity index (χ0) is 21.3. The summed E-state index contributed by atoms with van der Waals surface area (Å²) in [6, 6.07) is 10.8. The molecule has 4 atom stereocenters. The van der Waals surface area contributed by atoms with Crippen molar-refractivity contribution in [3.63, 3.8) is 0 Å². The molecule has 1 saturated heterocycles. The number of hydrogen-bond acceptors (Lipinski definition) is 4. The third-order valence-corrected chi connectivity index (χ3v) is 6.58. The van der Waals surface area contributed by atoms with Crippen molar-refractivity contribution in [1.29, 1.82) is 0 Å². The Morgan fingerprint density at radius 3 is 2.57 bits per heavy atom. The summed E-state index contributed by atoms with van der Waals surface area (Å²) in [5.41, 5.74) is 5.59. The van der Waals surface area contributed by atoms with E-state index >= 15 is 0 Å². The number of rotatable bonds is 6. The first-order chi connectivity index (χ1) is 14.5. The molecule has 5 heteroatoms. The van der Waals surface area contributed by atoms with E-state index in [1.807, 2.05) is 6.92 Å². The van der Waals surface area contributed by atoms with Gasteiger partial charge in [0.05, 0.1) is 29.9 Å². The largest absolute Gasteiger partial charge is 0.490 e. The van der Waals surface area contributed by atoms with Crippen LogP contribution in [0, 0.1) is 0 Å². The van der Waals surface area contributed by atoms with Gasteiger partial charge in [0.2, 0.25) is 0 Å². The molecular formula is C25H31ClO4. The van der Waals surface area contributed by atoms with E-state index in [1.165, 1.54) is 11.1 Å². The highest BCUT2D eigenvalue weighted by Gasteiger charge is 2.35. The highest BCUT2D eigenvalue weighted by atomic mass is 35.5. The third kappa shape index (κ3) is 4.52. The molecule has 4 nitrogen and oxygen atoms in total. The van der Waals surface area contributed by atoms with Gasteiger partial charge in [0.25, 0.3) is 0 Å². The van der Waals surface area contributed by atoms with Gasteiger partial charge in [-0.05, 0) is 42.5 Å². The van der Waals surface area contributed by atoms with Crippen LogP contribution in [0.15, 0.2) is 30.3 Å². The van der Waals surface area contributed by atoms with Gasteiger partial charge in [-0.15, -0.1) is 0 Å². The molecule has 0 radical (unpaired) electrons. The van der Waals surface area contributed by atoms with Crippen LogP contribution in [0.2, 0.25) is 5.02 Å². The van der Waals surface area contributed by atoms with Crippen molar-refractivity contribution >= 4 is 11.6 Å². The van der Waals surface area contributed by atoms with Crippen LogP contribution in [0.5, 0.6) is 5.75 Å². The quantitative estimate of drug-likeness (QED) is 0.692. The minimum absolute atomic E-state index is 0.0574. The van der Waals surface area contributed by atoms with Crippen molar-refractivity contribution in [2.24, 2.45) is 0 Å². The Morgan fingerprint density at radius 2 is 1.87 bits per heavy atom. The first-order valence-corrected chi connectivity index (χ1v) is 11.4. The van der Waals surface area contributed by atoms with Crippen molar-refractivity contribution in [3.05, 3.63) is 63.2 Å². The van der Waals surface area contributed by atoms with E-state index < -0.39 is 6.10 Å². The van der Waals surface area contributed by atoms with E-state index in [4.69, 9.17) is 21.1 Å². The number of benzene rings is 2. The molecular weight excluding hydrogens is 400 g/mol. The second kappa shape index (κ2) is 9.27. The maximum absolute atomic E-state index is 10.3. The molecule has 0 bridgehead atoms. The molecule has 0 spiro atoms. The summed E-state index contributed by atoms with van der Waals surface area (Å²) in [6.07, 6.45) is 3.56. The van der Waals surface area contributed by atoms with Crippen LogP contribution in [-0.2, 0) is 24.0 Å². The van der Waals surface area contributed by atoms with Crippen LogP contribution in [0.1, 0.15) is 67.0 Å². The molecule has 2 aliphatic heterocycles. The van der Waals surface area contributed by atoms with Crippen molar-refractivity contribution in [2.75, 3.05) is 6.61 Å². The van der Waals surface area contributed by atoms with Gasteiger partial charge in [-0.25, -0.2) is 0 Å². The predicted molar refractivity (Wildman–Crippen MR) is 118 cm³/mol. The monoisotopic (exact) mass is 430 g/mol. The summed E-state index contributed by atoms with van der Waals surface area (Å²) in [4.78, 5) is 0. The summed E-state index contributed by atoms with van der Waals surface area (Å²) in [7, 11) is 0. The number of aliphatic hydroxyl groups excluding tert-OH is 2. The van der Waals surface area contributed by atoms with Crippen LogP contribution >= 0.6 is 11.6 Å². The zero-order valence-electron chi connectivity index (χ0n) is 17.7. The van der Waals surface area contributed by atoms with Crippen LogP contribution in [-0.4, -0.2) is 35.1 Å². The van der Waals surface area contributed by atoms with Gasteiger partial charge in [-0.3, -0.25) is 0 Å². The molecule has 2 aliphatic rings. The number of fused-ring (bicyclic) bond motifs is 1. The second-order valence-electron chi connectivity index (χ2n) is 8.68. The number of aryl methyl sites for hydroxylation is 1. The van der Waals surface area contributed by atoms with Crippen molar-refractivity contribution in [3.8, 4) is 5.75 Å².